The number of nitrogens with zero attached hydrogens (tertiary/aromatic N) is 4. The van der Waals surface area contributed by atoms with Crippen molar-refractivity contribution in [3.63, 3.8) is 0 Å². The van der Waals surface area contributed by atoms with E-state index in [4.69, 9.17) is 0 Å². The number of pyridine rings is 4. The fourth-order valence-electron chi connectivity index (χ4n) is 7.06. The summed E-state index contributed by atoms with van der Waals surface area (Å²) in [7, 11) is 0. The molecule has 8 nitrogen and oxygen atoms in total. The molecule has 0 atom stereocenters. The van der Waals surface area contributed by atoms with Crippen molar-refractivity contribution in [2.75, 3.05) is 0 Å². The highest BCUT2D eigenvalue weighted by molar-refractivity contribution is 6.04. The van der Waals surface area contributed by atoms with Gasteiger partial charge in [0.15, 0.2) is 21.7 Å². The van der Waals surface area contributed by atoms with Gasteiger partial charge in [-0.25, -0.2) is 0 Å². The Morgan fingerprint density at radius 2 is 0.431 bits per heavy atom. The molecule has 0 bridgehead atoms. The molecule has 8 rings (SSSR count). The van der Waals surface area contributed by atoms with Gasteiger partial charge >= 0.3 is 0 Å². The van der Waals surface area contributed by atoms with Gasteiger partial charge in [-0.15, -0.1) is 0 Å². The summed E-state index contributed by atoms with van der Waals surface area (Å²) in [5.41, 5.74) is 10.6. The maximum absolute atomic E-state index is 11.7. The fraction of sp³-hybridized carbons (Fsp3) is 0.0800. The molecule has 0 unspecified atom stereocenters. The van der Waals surface area contributed by atoms with Crippen molar-refractivity contribution in [2.45, 2.75) is 26.2 Å². The molecule has 8 aromatic rings. The maximum Gasteiger partial charge on any atom is 0.181 e. The van der Waals surface area contributed by atoms with Gasteiger partial charge in [-0.2, -0.15) is 0 Å². The second-order valence-corrected chi connectivity index (χ2v) is 14.4. The Balaban J connectivity index is 1.24. The highest BCUT2D eigenvalue weighted by Gasteiger charge is 2.17. The van der Waals surface area contributed by atoms with Crippen molar-refractivity contribution in [3.05, 3.63) is 281 Å². The number of rotatable bonds is 12. The lowest BCUT2D eigenvalue weighted by atomic mass is 9.85. The van der Waals surface area contributed by atoms with Crippen LogP contribution in [0.1, 0.15) is 44.5 Å². The van der Waals surface area contributed by atoms with Gasteiger partial charge in [0.05, 0.1) is 0 Å². The van der Waals surface area contributed by atoms with E-state index in [9.17, 15) is 19.2 Å². The maximum atomic E-state index is 11.7. The summed E-state index contributed by atoms with van der Waals surface area (Å²) < 4.78 is 7.96. The van der Waals surface area contributed by atoms with Crippen molar-refractivity contribution in [2.24, 2.45) is 0 Å². The Morgan fingerprint density at radius 1 is 0.259 bits per heavy atom. The first-order chi connectivity index (χ1) is 28.3. The molecule has 0 aliphatic carbocycles. The zero-order valence-electron chi connectivity index (χ0n) is 31.7. The van der Waals surface area contributed by atoms with Crippen LogP contribution in [0.4, 0.5) is 0 Å². The molecule has 4 heterocycles. The van der Waals surface area contributed by atoms with Crippen LogP contribution in [0.5, 0.6) is 0 Å². The summed E-state index contributed by atoms with van der Waals surface area (Å²) in [5, 5.41) is 0. The molecule has 0 fully saturated rings. The lowest BCUT2D eigenvalue weighted by Gasteiger charge is -2.20. The normalized spacial score (nSPS) is 11.0. The van der Waals surface area contributed by atoms with Gasteiger partial charge < -0.3 is 18.3 Å². The molecule has 0 N–H and O–H groups in total. The van der Waals surface area contributed by atoms with E-state index < -0.39 is 0 Å². The highest BCUT2D eigenvalue weighted by Crippen LogP contribution is 2.37. The Bertz CT molecular complexity index is 2470. The predicted molar refractivity (Wildman–Crippen MR) is 230 cm³/mol. The zero-order chi connectivity index (χ0) is 39.8. The molecule has 58 heavy (non-hydrogen) atoms. The molecule has 0 spiro atoms. The van der Waals surface area contributed by atoms with Crippen LogP contribution in [0.25, 0.3) is 11.1 Å². The summed E-state index contributed by atoms with van der Waals surface area (Å²) in [5.74, 6) is 0. The Hall–Kier alpha value is -7.58. The van der Waals surface area contributed by atoms with Crippen LogP contribution < -0.4 is 21.7 Å². The SMILES string of the molecule is O=c1ccn(Cc2ccc(C(=C(c3ccc(Cn4ccc(=O)cc4)cc3)c3ccc(Cn4ccc(=O)cc4)cc3)c3ccc(Cn4ccc(=O)cc4)cc3)cc2)cc1. The minimum Gasteiger partial charge on any atom is -0.350 e. The largest absolute Gasteiger partial charge is 0.350 e. The van der Waals surface area contributed by atoms with Crippen molar-refractivity contribution >= 4 is 11.1 Å². The first-order valence-corrected chi connectivity index (χ1v) is 19.1. The van der Waals surface area contributed by atoms with Crippen LogP contribution in [0, 0.1) is 0 Å². The van der Waals surface area contributed by atoms with Crippen molar-refractivity contribution in [1.29, 1.82) is 0 Å². The van der Waals surface area contributed by atoms with Crippen molar-refractivity contribution in [1.82, 2.24) is 18.3 Å². The zero-order valence-corrected chi connectivity index (χ0v) is 31.7. The van der Waals surface area contributed by atoms with E-state index in [2.05, 4.69) is 97.1 Å². The summed E-state index contributed by atoms with van der Waals surface area (Å²) >= 11 is 0. The van der Waals surface area contributed by atoms with Gasteiger partial charge in [-0.05, 0) is 55.7 Å². The minimum atomic E-state index is -0.0201. The Kier molecular flexibility index (Phi) is 11.0. The quantitative estimate of drug-likeness (QED) is 0.121. The molecule has 4 aromatic heterocycles. The fourth-order valence-corrected chi connectivity index (χ4v) is 7.06. The molecule has 0 saturated heterocycles. The van der Waals surface area contributed by atoms with E-state index in [0.717, 1.165) is 55.7 Å². The number of hydrogen-bond acceptors (Lipinski definition) is 4. The van der Waals surface area contributed by atoms with Gasteiger partial charge in [0, 0.05) is 124 Å². The highest BCUT2D eigenvalue weighted by atomic mass is 16.1. The average molecular weight is 761 g/mol. The number of aromatic nitrogens is 4. The van der Waals surface area contributed by atoms with Gasteiger partial charge in [0.25, 0.3) is 0 Å². The van der Waals surface area contributed by atoms with Crippen LogP contribution in [-0.2, 0) is 26.2 Å². The van der Waals surface area contributed by atoms with Crippen LogP contribution in [-0.4, -0.2) is 18.3 Å². The third-order valence-electron chi connectivity index (χ3n) is 10.1. The van der Waals surface area contributed by atoms with Crippen LogP contribution in [0.3, 0.4) is 0 Å². The molecular formula is C50H40N4O4. The van der Waals surface area contributed by atoms with Gasteiger partial charge in [-0.1, -0.05) is 97.1 Å². The lowest BCUT2D eigenvalue weighted by Crippen LogP contribution is -2.06. The predicted octanol–water partition coefficient (Wildman–Crippen LogP) is 7.53. The van der Waals surface area contributed by atoms with Crippen LogP contribution in [0.2, 0.25) is 0 Å². The number of hydrogen-bond donors (Lipinski definition) is 0. The van der Waals surface area contributed by atoms with E-state index in [0.29, 0.717) is 26.2 Å². The lowest BCUT2D eigenvalue weighted by molar-refractivity contribution is 0.788. The molecule has 0 aliphatic rings. The van der Waals surface area contributed by atoms with E-state index in [1.165, 1.54) is 0 Å². The van der Waals surface area contributed by atoms with E-state index in [-0.39, 0.29) is 21.7 Å². The standard InChI is InChI=1S/C50H40N4O4/c55-45-17-25-51(26-18-45)33-37-1-9-41(10-2-37)49(42-11-3-38(4-12-42)34-52-27-19-46(56)20-28-52)50(43-13-5-39(6-14-43)35-53-29-21-47(57)22-30-53)44-15-7-40(8-16-44)36-54-31-23-48(58)24-32-54/h1-32H,33-36H2. The molecule has 0 radical (unpaired) electrons. The summed E-state index contributed by atoms with van der Waals surface area (Å²) in [6.45, 7) is 2.50. The van der Waals surface area contributed by atoms with Crippen molar-refractivity contribution in [3.8, 4) is 0 Å². The van der Waals surface area contributed by atoms with Gasteiger partial charge in [-0.3, -0.25) is 19.2 Å². The Morgan fingerprint density at radius 3 is 0.603 bits per heavy atom. The first-order valence-electron chi connectivity index (χ1n) is 19.1. The smallest absolute Gasteiger partial charge is 0.181 e. The molecular weight excluding hydrogens is 721 g/mol. The molecule has 0 aliphatic heterocycles. The molecule has 0 amide bonds. The third-order valence-corrected chi connectivity index (χ3v) is 10.1. The average Bonchev–Trinajstić information content (AvgIpc) is 3.25. The van der Waals surface area contributed by atoms with E-state index >= 15 is 0 Å². The van der Waals surface area contributed by atoms with E-state index in [1.807, 2.05) is 18.3 Å². The summed E-state index contributed by atoms with van der Waals surface area (Å²) in [6.07, 6.45) is 14.4. The van der Waals surface area contributed by atoms with Crippen molar-refractivity contribution < 1.29 is 0 Å². The van der Waals surface area contributed by atoms with Gasteiger partial charge in [0.2, 0.25) is 0 Å². The third kappa shape index (κ3) is 9.26. The topological polar surface area (TPSA) is 88.0 Å². The monoisotopic (exact) mass is 760 g/mol. The van der Waals surface area contributed by atoms with E-state index in [1.54, 1.807) is 98.1 Å². The van der Waals surface area contributed by atoms with Gasteiger partial charge in [0.1, 0.15) is 0 Å². The van der Waals surface area contributed by atoms with Crippen LogP contribution in [0.15, 0.2) is 214 Å². The second kappa shape index (κ2) is 17.1. The minimum absolute atomic E-state index is 0.0201. The molecule has 284 valence electrons. The Labute approximate surface area is 335 Å². The molecule has 0 saturated carbocycles. The number of benzene rings is 4. The molecule has 4 aromatic carbocycles. The second-order valence-electron chi connectivity index (χ2n) is 14.4. The molecule has 8 heteroatoms. The van der Waals surface area contributed by atoms with Crippen LogP contribution >= 0.6 is 0 Å². The summed E-state index contributed by atoms with van der Waals surface area (Å²) in [4.78, 5) is 46.9. The first kappa shape index (κ1) is 37.3. The summed E-state index contributed by atoms with van der Waals surface area (Å²) in [6, 6.07) is 47.0.